The van der Waals surface area contributed by atoms with Crippen LogP contribution >= 0.6 is 23.2 Å². The van der Waals surface area contributed by atoms with Crippen molar-refractivity contribution in [2.75, 3.05) is 11.5 Å². The average Bonchev–Trinajstić information content (AvgIpc) is 2.94. The number of nitrogens with zero attached hydrogens (tertiary/aromatic N) is 4. The Morgan fingerprint density at radius 2 is 1.68 bits per heavy atom. The molecule has 4 N–H and O–H groups in total. The third-order valence-corrected chi connectivity index (χ3v) is 5.15. The van der Waals surface area contributed by atoms with E-state index in [2.05, 4.69) is 14.5 Å². The van der Waals surface area contributed by atoms with Crippen molar-refractivity contribution in [3.05, 3.63) is 63.9 Å². The zero-order chi connectivity index (χ0) is 19.8. The number of pyridine rings is 2. The predicted molar refractivity (Wildman–Crippen MR) is 114 cm³/mol. The number of nitrogen functional groups attached to an aromatic ring is 2. The van der Waals surface area contributed by atoms with Crippen molar-refractivity contribution < 1.29 is 0 Å². The molecule has 142 valence electrons. The monoisotopic (exact) mass is 412 g/mol. The van der Waals surface area contributed by atoms with Crippen LogP contribution in [0, 0.1) is 6.92 Å². The fraction of sp³-hybridized carbons (Fsp3) is 0.150. The summed E-state index contributed by atoms with van der Waals surface area (Å²) >= 11 is 12.3. The highest BCUT2D eigenvalue weighted by Crippen LogP contribution is 2.26. The van der Waals surface area contributed by atoms with Crippen LogP contribution < -0.4 is 11.5 Å². The van der Waals surface area contributed by atoms with Crippen LogP contribution in [0.4, 0.5) is 11.6 Å². The van der Waals surface area contributed by atoms with Gasteiger partial charge in [-0.25, -0.2) is 15.0 Å². The second-order valence-corrected chi connectivity index (χ2v) is 7.38. The Balaban J connectivity index is 1.71. The van der Waals surface area contributed by atoms with E-state index in [0.29, 0.717) is 28.2 Å². The molecule has 0 amide bonds. The smallest absolute Gasteiger partial charge is 0.160 e. The Morgan fingerprint density at radius 1 is 0.929 bits per heavy atom. The molecule has 0 radical (unpaired) electrons. The van der Waals surface area contributed by atoms with Gasteiger partial charge in [-0.05, 0) is 55.3 Å². The van der Waals surface area contributed by atoms with E-state index in [-0.39, 0.29) is 0 Å². The first-order chi connectivity index (χ1) is 13.4. The molecule has 0 atom stereocenters. The maximum atomic E-state index is 6.31. The van der Waals surface area contributed by atoms with Gasteiger partial charge in [-0.2, -0.15) is 0 Å². The number of aryl methyl sites for hydroxylation is 3. The molecule has 0 saturated heterocycles. The number of rotatable bonds is 4. The second kappa shape index (κ2) is 7.30. The van der Waals surface area contributed by atoms with E-state index in [9.17, 15) is 0 Å². The summed E-state index contributed by atoms with van der Waals surface area (Å²) in [7, 11) is 0. The van der Waals surface area contributed by atoms with Crippen LogP contribution in [0.2, 0.25) is 10.0 Å². The zero-order valence-corrected chi connectivity index (χ0v) is 16.7. The molecule has 0 spiro atoms. The van der Waals surface area contributed by atoms with Gasteiger partial charge in [0, 0.05) is 22.2 Å². The van der Waals surface area contributed by atoms with E-state index in [4.69, 9.17) is 39.7 Å². The topological polar surface area (TPSA) is 95.6 Å². The van der Waals surface area contributed by atoms with Gasteiger partial charge in [0.1, 0.15) is 23.0 Å². The Kier molecular flexibility index (Phi) is 4.83. The molecular formula is C20H18Cl2N6. The average molecular weight is 413 g/mol. The molecular weight excluding hydrogens is 395 g/mol. The number of nitrogens with two attached hydrogens (primary N) is 2. The lowest BCUT2D eigenvalue weighted by atomic mass is 10.1. The Labute approximate surface area is 172 Å². The first-order valence-corrected chi connectivity index (χ1v) is 9.47. The minimum absolute atomic E-state index is 0.360. The Hall–Kier alpha value is -2.83. The highest BCUT2D eigenvalue weighted by atomic mass is 35.5. The zero-order valence-electron chi connectivity index (χ0n) is 15.2. The summed E-state index contributed by atoms with van der Waals surface area (Å²) in [6.45, 7) is 2.66. The molecule has 0 aliphatic rings. The number of fused-ring (bicyclic) bond motifs is 1. The summed E-state index contributed by atoms with van der Waals surface area (Å²) in [5, 5.41) is 1.28. The molecule has 0 fully saturated rings. The quantitative estimate of drug-likeness (QED) is 0.513. The first kappa shape index (κ1) is 18.5. The van der Waals surface area contributed by atoms with Crippen molar-refractivity contribution >= 4 is 46.0 Å². The van der Waals surface area contributed by atoms with Gasteiger partial charge >= 0.3 is 0 Å². The molecule has 6 nitrogen and oxygen atoms in total. The fourth-order valence-electron chi connectivity index (χ4n) is 3.22. The summed E-state index contributed by atoms with van der Waals surface area (Å²) in [5.41, 5.74) is 15.9. The summed E-state index contributed by atoms with van der Waals surface area (Å²) in [4.78, 5) is 13.4. The van der Waals surface area contributed by atoms with Crippen molar-refractivity contribution in [3.8, 4) is 11.3 Å². The lowest BCUT2D eigenvalue weighted by Gasteiger charge is -2.09. The van der Waals surface area contributed by atoms with Crippen LogP contribution in [-0.4, -0.2) is 19.5 Å². The summed E-state index contributed by atoms with van der Waals surface area (Å²) in [5.74, 6) is 1.61. The fourth-order valence-corrected chi connectivity index (χ4v) is 3.72. The largest absolute Gasteiger partial charge is 0.384 e. The molecule has 0 aliphatic heterocycles. The minimum atomic E-state index is 0.360. The molecule has 4 rings (SSSR count). The van der Waals surface area contributed by atoms with Gasteiger partial charge in [-0.15, -0.1) is 0 Å². The van der Waals surface area contributed by atoms with E-state index < -0.39 is 0 Å². The van der Waals surface area contributed by atoms with Crippen molar-refractivity contribution in [2.45, 2.75) is 19.9 Å². The van der Waals surface area contributed by atoms with Crippen LogP contribution in [0.5, 0.6) is 0 Å². The normalized spacial score (nSPS) is 11.2. The number of benzene rings is 1. The number of imidazole rings is 1. The Bertz CT molecular complexity index is 1160. The molecule has 0 aliphatic carbocycles. The maximum Gasteiger partial charge on any atom is 0.160 e. The van der Waals surface area contributed by atoms with Crippen LogP contribution in [0.15, 0.2) is 42.5 Å². The number of hydrogen-bond acceptors (Lipinski definition) is 5. The molecule has 0 saturated carbocycles. The van der Waals surface area contributed by atoms with Crippen LogP contribution in [0.1, 0.15) is 11.4 Å². The summed E-state index contributed by atoms with van der Waals surface area (Å²) in [6, 6.07) is 12.9. The summed E-state index contributed by atoms with van der Waals surface area (Å²) < 4.78 is 2.08. The number of anilines is 2. The molecule has 8 heteroatoms. The molecule has 3 aromatic heterocycles. The van der Waals surface area contributed by atoms with Gasteiger partial charge in [0.2, 0.25) is 0 Å². The maximum absolute atomic E-state index is 6.31. The van der Waals surface area contributed by atoms with Gasteiger partial charge in [0.05, 0.1) is 5.69 Å². The number of aromatic nitrogens is 4. The van der Waals surface area contributed by atoms with E-state index in [0.717, 1.165) is 40.2 Å². The molecule has 4 aromatic rings. The minimum Gasteiger partial charge on any atom is -0.384 e. The number of halogens is 2. The van der Waals surface area contributed by atoms with Gasteiger partial charge in [-0.1, -0.05) is 29.3 Å². The van der Waals surface area contributed by atoms with Gasteiger partial charge in [-0.3, -0.25) is 0 Å². The molecule has 0 unspecified atom stereocenters. The van der Waals surface area contributed by atoms with E-state index >= 15 is 0 Å². The lowest BCUT2D eigenvalue weighted by molar-refractivity contribution is 0.687. The van der Waals surface area contributed by atoms with Crippen molar-refractivity contribution in [1.82, 2.24) is 19.5 Å². The standard InChI is InChI=1S/C20H18Cl2N6/c1-11-25-17-5-4-16(13-8-18(23)27-19(24)9-13)26-20(17)28(11)7-6-12-2-3-14(21)10-15(12)22/h2-5,8-10H,6-7H2,1H3,(H4,23,24,27). The third kappa shape index (κ3) is 3.61. The van der Waals surface area contributed by atoms with Gasteiger partial charge in [0.25, 0.3) is 0 Å². The predicted octanol–water partition coefficient (Wildman–Crippen LogP) is 4.52. The van der Waals surface area contributed by atoms with Crippen molar-refractivity contribution in [3.63, 3.8) is 0 Å². The van der Waals surface area contributed by atoms with Crippen molar-refractivity contribution in [1.29, 1.82) is 0 Å². The first-order valence-electron chi connectivity index (χ1n) is 8.72. The third-order valence-electron chi connectivity index (χ3n) is 4.56. The van der Waals surface area contributed by atoms with Crippen LogP contribution in [0.25, 0.3) is 22.4 Å². The summed E-state index contributed by atoms with van der Waals surface area (Å²) in [6.07, 6.45) is 0.739. The van der Waals surface area contributed by atoms with Crippen LogP contribution in [-0.2, 0) is 13.0 Å². The van der Waals surface area contributed by atoms with Crippen molar-refractivity contribution in [2.24, 2.45) is 0 Å². The molecule has 1 aromatic carbocycles. The SMILES string of the molecule is Cc1nc2ccc(-c3cc(N)nc(N)c3)nc2n1CCc1ccc(Cl)cc1Cl. The lowest BCUT2D eigenvalue weighted by Crippen LogP contribution is -2.05. The highest BCUT2D eigenvalue weighted by Gasteiger charge is 2.12. The molecule has 28 heavy (non-hydrogen) atoms. The van der Waals surface area contributed by atoms with Gasteiger partial charge < -0.3 is 16.0 Å². The molecule has 3 heterocycles. The highest BCUT2D eigenvalue weighted by molar-refractivity contribution is 6.35. The van der Waals surface area contributed by atoms with E-state index in [1.807, 2.05) is 31.2 Å². The molecule has 0 bridgehead atoms. The van der Waals surface area contributed by atoms with Gasteiger partial charge in [0.15, 0.2) is 5.65 Å². The van der Waals surface area contributed by atoms with E-state index in [1.54, 1.807) is 18.2 Å². The van der Waals surface area contributed by atoms with Crippen LogP contribution in [0.3, 0.4) is 0 Å². The Morgan fingerprint density at radius 3 is 2.39 bits per heavy atom. The number of hydrogen-bond donors (Lipinski definition) is 2. The van der Waals surface area contributed by atoms with E-state index in [1.165, 1.54) is 0 Å². The second-order valence-electron chi connectivity index (χ2n) is 6.54.